The van der Waals surface area contributed by atoms with Gasteiger partial charge in [-0.25, -0.2) is 4.79 Å². The first kappa shape index (κ1) is 25.6. The maximum absolute atomic E-state index is 12.8. The highest BCUT2D eigenvalue weighted by atomic mass is 19.4. The summed E-state index contributed by atoms with van der Waals surface area (Å²) in [6, 6.07) is 14.2. The van der Waals surface area contributed by atoms with Crippen LogP contribution in [-0.2, 0) is 23.6 Å². The summed E-state index contributed by atoms with van der Waals surface area (Å²) in [6.45, 7) is 0. The van der Waals surface area contributed by atoms with Crippen molar-refractivity contribution < 1.29 is 35.9 Å². The minimum Gasteiger partial charge on any atom is -0.326 e. The molecule has 3 aromatic carbocycles. The van der Waals surface area contributed by atoms with E-state index in [4.69, 9.17) is 0 Å². The highest BCUT2D eigenvalue weighted by Gasteiger charge is 2.31. The van der Waals surface area contributed by atoms with Gasteiger partial charge >= 0.3 is 18.4 Å². The van der Waals surface area contributed by atoms with Crippen molar-refractivity contribution in [1.82, 2.24) is 5.32 Å². The van der Waals surface area contributed by atoms with Gasteiger partial charge in [-0.15, -0.1) is 0 Å². The standard InChI is InChI=1S/C24H19F6N3O2/c25-23(26,27)16-6-10-18(11-7-16)31-21(34)20(14-15-4-2-1-3-5-15)33-22(35)32-19-12-8-17(9-13-19)24(28,29)30/h1-13,20H,14H2,(H,31,34)(H2,32,33,35). The van der Waals surface area contributed by atoms with Crippen LogP contribution in [0, 0.1) is 0 Å². The Morgan fingerprint density at radius 2 is 1.11 bits per heavy atom. The molecule has 3 amide bonds. The lowest BCUT2D eigenvalue weighted by Crippen LogP contribution is -2.46. The molecule has 0 bridgehead atoms. The maximum atomic E-state index is 12.8. The molecule has 3 N–H and O–H groups in total. The Morgan fingerprint density at radius 3 is 1.57 bits per heavy atom. The third-order valence-corrected chi connectivity index (χ3v) is 4.85. The monoisotopic (exact) mass is 495 g/mol. The van der Waals surface area contributed by atoms with Crippen molar-refractivity contribution in [3.05, 3.63) is 95.6 Å². The van der Waals surface area contributed by atoms with Gasteiger partial charge in [0.05, 0.1) is 11.1 Å². The Hall–Kier alpha value is -4.02. The van der Waals surface area contributed by atoms with Gasteiger partial charge in [0, 0.05) is 17.8 Å². The van der Waals surface area contributed by atoms with Crippen LogP contribution in [0.15, 0.2) is 78.9 Å². The molecule has 184 valence electrons. The van der Waals surface area contributed by atoms with Gasteiger partial charge in [0.1, 0.15) is 6.04 Å². The summed E-state index contributed by atoms with van der Waals surface area (Å²) in [5, 5.41) is 7.27. The quantitative estimate of drug-likeness (QED) is 0.362. The van der Waals surface area contributed by atoms with E-state index in [0.717, 1.165) is 48.5 Å². The average Bonchev–Trinajstić information content (AvgIpc) is 2.79. The molecule has 0 spiro atoms. The summed E-state index contributed by atoms with van der Waals surface area (Å²) in [4.78, 5) is 25.3. The molecule has 11 heteroatoms. The Balaban J connectivity index is 1.71. The normalized spacial score (nSPS) is 12.5. The summed E-state index contributed by atoms with van der Waals surface area (Å²) in [6.07, 6.45) is -9.01. The molecule has 0 aliphatic heterocycles. The summed E-state index contributed by atoms with van der Waals surface area (Å²) in [5.41, 5.74) is -0.926. The molecule has 0 aromatic heterocycles. The van der Waals surface area contributed by atoms with Gasteiger partial charge < -0.3 is 16.0 Å². The second kappa shape index (κ2) is 10.5. The van der Waals surface area contributed by atoms with E-state index < -0.39 is 41.5 Å². The molecular formula is C24H19F6N3O2. The summed E-state index contributed by atoms with van der Waals surface area (Å²) < 4.78 is 76.4. The van der Waals surface area contributed by atoms with Crippen LogP contribution in [0.2, 0.25) is 0 Å². The van der Waals surface area contributed by atoms with Gasteiger partial charge in [0.2, 0.25) is 5.91 Å². The largest absolute Gasteiger partial charge is 0.416 e. The molecule has 0 saturated heterocycles. The Bertz CT molecular complexity index is 1150. The molecule has 0 saturated carbocycles. The Labute approximate surface area is 196 Å². The van der Waals surface area contributed by atoms with Crippen LogP contribution in [0.3, 0.4) is 0 Å². The lowest BCUT2D eigenvalue weighted by molar-refractivity contribution is -0.138. The zero-order chi connectivity index (χ0) is 25.6. The number of carbonyl (C=O) groups excluding carboxylic acids is 2. The molecule has 0 aliphatic rings. The topological polar surface area (TPSA) is 70.2 Å². The third kappa shape index (κ3) is 7.49. The molecule has 5 nitrogen and oxygen atoms in total. The van der Waals surface area contributed by atoms with Gasteiger partial charge in [-0.2, -0.15) is 26.3 Å². The highest BCUT2D eigenvalue weighted by Crippen LogP contribution is 2.30. The van der Waals surface area contributed by atoms with E-state index in [1.54, 1.807) is 30.3 Å². The lowest BCUT2D eigenvalue weighted by atomic mass is 10.1. The number of rotatable bonds is 6. The summed E-state index contributed by atoms with van der Waals surface area (Å²) in [7, 11) is 0. The number of alkyl halides is 6. The van der Waals surface area contributed by atoms with E-state index in [1.165, 1.54) is 0 Å². The van der Waals surface area contributed by atoms with Crippen LogP contribution < -0.4 is 16.0 Å². The zero-order valence-electron chi connectivity index (χ0n) is 17.9. The van der Waals surface area contributed by atoms with Crippen LogP contribution >= 0.6 is 0 Å². The minimum absolute atomic E-state index is 0.0493. The molecular weight excluding hydrogens is 476 g/mol. The third-order valence-electron chi connectivity index (χ3n) is 4.85. The number of benzene rings is 3. The van der Waals surface area contributed by atoms with Crippen LogP contribution in [-0.4, -0.2) is 18.0 Å². The van der Waals surface area contributed by atoms with Crippen molar-refractivity contribution in [1.29, 1.82) is 0 Å². The maximum Gasteiger partial charge on any atom is 0.416 e. The van der Waals surface area contributed by atoms with Crippen molar-refractivity contribution in [2.75, 3.05) is 10.6 Å². The zero-order valence-corrected chi connectivity index (χ0v) is 17.9. The molecule has 0 heterocycles. The van der Waals surface area contributed by atoms with Crippen LogP contribution in [0.1, 0.15) is 16.7 Å². The van der Waals surface area contributed by atoms with E-state index in [-0.39, 0.29) is 17.8 Å². The van der Waals surface area contributed by atoms with Crippen molar-refractivity contribution in [2.45, 2.75) is 24.8 Å². The number of hydrogen-bond donors (Lipinski definition) is 3. The molecule has 1 atom stereocenters. The number of carbonyl (C=O) groups is 2. The van der Waals surface area contributed by atoms with Crippen LogP contribution in [0.5, 0.6) is 0 Å². The molecule has 3 rings (SSSR count). The fourth-order valence-corrected chi connectivity index (χ4v) is 3.10. The number of nitrogens with one attached hydrogen (secondary N) is 3. The van der Waals surface area contributed by atoms with Gasteiger partial charge in [-0.1, -0.05) is 30.3 Å². The number of hydrogen-bond acceptors (Lipinski definition) is 2. The first-order chi connectivity index (χ1) is 16.4. The molecule has 0 fully saturated rings. The molecule has 0 aliphatic carbocycles. The molecule has 3 aromatic rings. The van der Waals surface area contributed by atoms with Crippen LogP contribution in [0.4, 0.5) is 42.5 Å². The summed E-state index contributed by atoms with van der Waals surface area (Å²) in [5.74, 6) is -0.698. The molecule has 35 heavy (non-hydrogen) atoms. The van der Waals surface area contributed by atoms with Crippen molar-refractivity contribution >= 4 is 23.3 Å². The minimum atomic E-state index is -4.53. The van der Waals surface area contributed by atoms with Crippen LogP contribution in [0.25, 0.3) is 0 Å². The van der Waals surface area contributed by atoms with E-state index in [9.17, 15) is 35.9 Å². The SMILES string of the molecule is O=C(Nc1ccc(C(F)(F)F)cc1)NC(Cc1ccccc1)C(=O)Nc1ccc(C(F)(F)F)cc1. The first-order valence-electron chi connectivity index (χ1n) is 10.2. The molecule has 1 unspecified atom stereocenters. The average molecular weight is 495 g/mol. The molecule has 0 radical (unpaired) electrons. The predicted octanol–water partition coefficient (Wildman–Crippen LogP) is 6.10. The van der Waals surface area contributed by atoms with Crippen molar-refractivity contribution in [2.24, 2.45) is 0 Å². The van der Waals surface area contributed by atoms with E-state index in [2.05, 4.69) is 16.0 Å². The van der Waals surface area contributed by atoms with E-state index >= 15 is 0 Å². The lowest BCUT2D eigenvalue weighted by Gasteiger charge is -2.19. The fourth-order valence-electron chi connectivity index (χ4n) is 3.10. The second-order valence-corrected chi connectivity index (χ2v) is 7.48. The van der Waals surface area contributed by atoms with Gasteiger partial charge in [0.15, 0.2) is 0 Å². The van der Waals surface area contributed by atoms with E-state index in [0.29, 0.717) is 5.56 Å². The smallest absolute Gasteiger partial charge is 0.326 e. The highest BCUT2D eigenvalue weighted by molar-refractivity contribution is 5.99. The van der Waals surface area contributed by atoms with Crippen molar-refractivity contribution in [3.63, 3.8) is 0 Å². The number of halogens is 6. The number of urea groups is 1. The Morgan fingerprint density at radius 1 is 0.657 bits per heavy atom. The van der Waals surface area contributed by atoms with E-state index in [1.807, 2.05) is 0 Å². The second-order valence-electron chi connectivity index (χ2n) is 7.48. The van der Waals surface area contributed by atoms with Gasteiger partial charge in [-0.05, 0) is 54.1 Å². The number of amides is 3. The summed E-state index contributed by atoms with van der Waals surface area (Å²) >= 11 is 0. The fraction of sp³-hybridized carbons (Fsp3) is 0.167. The van der Waals surface area contributed by atoms with Gasteiger partial charge in [-0.3, -0.25) is 4.79 Å². The first-order valence-corrected chi connectivity index (χ1v) is 10.2. The number of anilines is 2. The van der Waals surface area contributed by atoms with Crippen molar-refractivity contribution in [3.8, 4) is 0 Å². The predicted molar refractivity (Wildman–Crippen MR) is 118 cm³/mol. The Kier molecular flexibility index (Phi) is 7.68. The van der Waals surface area contributed by atoms with Gasteiger partial charge in [0.25, 0.3) is 0 Å².